The van der Waals surface area contributed by atoms with Gasteiger partial charge < -0.3 is 4.74 Å². The highest BCUT2D eigenvalue weighted by molar-refractivity contribution is 5.80. The number of alkyl halides is 6. The lowest BCUT2D eigenvalue weighted by Gasteiger charge is -2.43. The molecule has 0 radical (unpaired) electrons. The number of halogens is 6. The minimum atomic E-state index is -5.01. The molecule has 28 heavy (non-hydrogen) atoms. The van der Waals surface area contributed by atoms with Crippen LogP contribution in [-0.2, 0) is 17.1 Å². The van der Waals surface area contributed by atoms with E-state index < -0.39 is 46.0 Å². The molecule has 0 aromatic heterocycles. The Morgan fingerprint density at radius 3 is 1.46 bits per heavy atom. The molecule has 1 rings (SSSR count). The van der Waals surface area contributed by atoms with Crippen LogP contribution < -0.4 is 4.74 Å². The average molecular weight is 412 g/mol. The number of hydrogen-bond donors (Lipinski definition) is 0. The van der Waals surface area contributed by atoms with E-state index in [1.807, 2.05) is 20.8 Å². The second-order valence-electron chi connectivity index (χ2n) is 9.45. The van der Waals surface area contributed by atoms with Crippen LogP contribution in [0.15, 0.2) is 18.2 Å². The van der Waals surface area contributed by atoms with Gasteiger partial charge in [-0.1, -0.05) is 41.5 Å². The second kappa shape index (κ2) is 7.26. The number of carbonyl (C=O) groups is 1. The predicted octanol–water partition coefficient (Wildman–Crippen LogP) is 7.12. The van der Waals surface area contributed by atoms with Crippen LogP contribution in [0.5, 0.6) is 5.75 Å². The van der Waals surface area contributed by atoms with Crippen molar-refractivity contribution in [1.29, 1.82) is 0 Å². The molecule has 0 saturated heterocycles. The van der Waals surface area contributed by atoms with Gasteiger partial charge in [0.15, 0.2) is 0 Å². The molecule has 2 nitrogen and oxygen atoms in total. The number of ether oxygens (including phenoxy) is 1. The third kappa shape index (κ3) is 5.88. The van der Waals surface area contributed by atoms with E-state index >= 15 is 0 Å². The molecule has 1 aromatic carbocycles. The van der Waals surface area contributed by atoms with Crippen molar-refractivity contribution in [2.24, 2.45) is 16.2 Å². The third-order valence-electron chi connectivity index (χ3n) is 4.76. The van der Waals surface area contributed by atoms with E-state index in [4.69, 9.17) is 4.74 Å². The second-order valence-corrected chi connectivity index (χ2v) is 9.45. The van der Waals surface area contributed by atoms with E-state index in [0.717, 1.165) is 0 Å². The fourth-order valence-corrected chi connectivity index (χ4v) is 2.91. The summed E-state index contributed by atoms with van der Waals surface area (Å²) in [7, 11) is 0. The maximum atomic E-state index is 13.0. The van der Waals surface area contributed by atoms with E-state index in [1.54, 1.807) is 27.7 Å². The van der Waals surface area contributed by atoms with Crippen molar-refractivity contribution in [2.45, 2.75) is 67.2 Å². The van der Waals surface area contributed by atoms with Gasteiger partial charge in [0.2, 0.25) is 0 Å². The summed E-state index contributed by atoms with van der Waals surface area (Å²) in [5, 5.41) is 0. The Hall–Kier alpha value is -1.73. The van der Waals surface area contributed by atoms with Crippen molar-refractivity contribution in [1.82, 2.24) is 0 Å². The normalized spacial score (nSPS) is 15.9. The smallest absolute Gasteiger partial charge is 0.416 e. The molecule has 1 atom stereocenters. The van der Waals surface area contributed by atoms with Crippen molar-refractivity contribution < 1.29 is 35.9 Å². The quantitative estimate of drug-likeness (QED) is 0.300. The third-order valence-corrected chi connectivity index (χ3v) is 4.76. The van der Waals surface area contributed by atoms with Crippen LogP contribution in [0, 0.1) is 16.2 Å². The first-order valence-electron chi connectivity index (χ1n) is 8.69. The van der Waals surface area contributed by atoms with Crippen LogP contribution in [-0.4, -0.2) is 5.97 Å². The monoisotopic (exact) mass is 412 g/mol. The van der Waals surface area contributed by atoms with Crippen molar-refractivity contribution >= 4 is 5.97 Å². The zero-order valence-corrected chi connectivity index (χ0v) is 17.0. The zero-order chi connectivity index (χ0) is 22.3. The Labute approximate surface area is 161 Å². The summed E-state index contributed by atoms with van der Waals surface area (Å²) in [5.74, 6) is -1.65. The topological polar surface area (TPSA) is 26.3 Å². The van der Waals surface area contributed by atoms with Crippen molar-refractivity contribution in [2.75, 3.05) is 0 Å². The van der Waals surface area contributed by atoms with E-state index in [2.05, 4.69) is 0 Å². The minimum Gasteiger partial charge on any atom is -0.426 e. The lowest BCUT2D eigenvalue weighted by molar-refractivity contribution is -0.155. The van der Waals surface area contributed by atoms with Gasteiger partial charge in [-0.15, -0.1) is 0 Å². The van der Waals surface area contributed by atoms with Gasteiger partial charge in [0.1, 0.15) is 5.75 Å². The highest BCUT2D eigenvalue weighted by Crippen LogP contribution is 2.48. The van der Waals surface area contributed by atoms with Gasteiger partial charge in [-0.25, -0.2) is 0 Å². The van der Waals surface area contributed by atoms with Gasteiger partial charge in [-0.05, 0) is 42.4 Å². The standard InChI is InChI=1S/C20H26F6O2/c1-16(2,3)11-18(7,17(4,5)6)15(27)28-14-9-12(19(21,22)23)8-13(10-14)20(24,25)26/h8-10H,11H2,1-7H3. The van der Waals surface area contributed by atoms with Crippen LogP contribution >= 0.6 is 0 Å². The summed E-state index contributed by atoms with van der Waals surface area (Å²) < 4.78 is 83.2. The molecule has 0 amide bonds. The largest absolute Gasteiger partial charge is 0.426 e. The highest BCUT2D eigenvalue weighted by atomic mass is 19.4. The Morgan fingerprint density at radius 2 is 1.18 bits per heavy atom. The van der Waals surface area contributed by atoms with Crippen LogP contribution in [0.3, 0.4) is 0 Å². The molecule has 0 N–H and O–H groups in total. The summed E-state index contributed by atoms with van der Waals surface area (Å²) in [6.45, 7) is 12.6. The Balaban J connectivity index is 3.43. The molecule has 0 spiro atoms. The number of benzene rings is 1. The van der Waals surface area contributed by atoms with E-state index in [0.29, 0.717) is 18.6 Å². The van der Waals surface area contributed by atoms with Crippen molar-refractivity contribution in [3.8, 4) is 5.75 Å². The molecule has 1 aromatic rings. The maximum Gasteiger partial charge on any atom is 0.416 e. The molecule has 0 aliphatic heterocycles. The lowest BCUT2D eigenvalue weighted by Crippen LogP contribution is -2.45. The van der Waals surface area contributed by atoms with E-state index in [1.165, 1.54) is 0 Å². The molecule has 0 aliphatic carbocycles. The molecule has 0 heterocycles. The first kappa shape index (κ1) is 24.3. The molecule has 0 fully saturated rings. The summed E-state index contributed by atoms with van der Waals surface area (Å²) in [5.41, 5.74) is -5.17. The number of esters is 1. The van der Waals surface area contributed by atoms with Gasteiger partial charge >= 0.3 is 18.3 Å². The fraction of sp³-hybridized carbons (Fsp3) is 0.650. The highest BCUT2D eigenvalue weighted by Gasteiger charge is 2.48. The van der Waals surface area contributed by atoms with Crippen LogP contribution in [0.2, 0.25) is 0 Å². The Bertz CT molecular complexity index is 688. The summed E-state index contributed by atoms with van der Waals surface area (Å²) in [6.07, 6.45) is -9.70. The maximum absolute atomic E-state index is 13.0. The molecule has 0 saturated carbocycles. The van der Waals surface area contributed by atoms with Gasteiger partial charge in [-0.3, -0.25) is 4.79 Å². The predicted molar refractivity (Wildman–Crippen MR) is 93.7 cm³/mol. The first-order chi connectivity index (χ1) is 12.2. The van der Waals surface area contributed by atoms with E-state index in [-0.39, 0.29) is 11.5 Å². The molecular weight excluding hydrogens is 386 g/mol. The molecular formula is C20H26F6O2. The van der Waals surface area contributed by atoms with Crippen molar-refractivity contribution in [3.63, 3.8) is 0 Å². The lowest BCUT2D eigenvalue weighted by atomic mass is 9.61. The van der Waals surface area contributed by atoms with Crippen LogP contribution in [0.4, 0.5) is 26.3 Å². The van der Waals surface area contributed by atoms with Gasteiger partial charge in [-0.2, -0.15) is 26.3 Å². The summed E-state index contributed by atoms with van der Waals surface area (Å²) >= 11 is 0. The molecule has 8 heteroatoms. The first-order valence-corrected chi connectivity index (χ1v) is 8.69. The summed E-state index contributed by atoms with van der Waals surface area (Å²) in [6, 6.07) is 0.816. The molecule has 1 unspecified atom stereocenters. The summed E-state index contributed by atoms with van der Waals surface area (Å²) in [4.78, 5) is 12.9. The van der Waals surface area contributed by atoms with E-state index in [9.17, 15) is 31.1 Å². The van der Waals surface area contributed by atoms with Gasteiger partial charge in [0, 0.05) is 0 Å². The fourth-order valence-electron chi connectivity index (χ4n) is 2.91. The van der Waals surface area contributed by atoms with Gasteiger partial charge in [0.25, 0.3) is 0 Å². The van der Waals surface area contributed by atoms with Crippen LogP contribution in [0.25, 0.3) is 0 Å². The zero-order valence-electron chi connectivity index (χ0n) is 17.0. The SMILES string of the molecule is CC(C)(C)CC(C)(C(=O)Oc1cc(C(F)(F)F)cc(C(F)(F)F)c1)C(C)(C)C. The van der Waals surface area contributed by atoms with Gasteiger partial charge in [0.05, 0.1) is 16.5 Å². The Kier molecular flexibility index (Phi) is 6.31. The average Bonchev–Trinajstić information content (AvgIpc) is 2.41. The molecule has 160 valence electrons. The number of hydrogen-bond acceptors (Lipinski definition) is 2. The number of carbonyl (C=O) groups excluding carboxylic acids is 1. The van der Waals surface area contributed by atoms with Crippen molar-refractivity contribution in [3.05, 3.63) is 29.3 Å². The molecule has 0 aliphatic rings. The Morgan fingerprint density at radius 1 is 0.786 bits per heavy atom. The minimum absolute atomic E-state index is 0.00452. The van der Waals surface area contributed by atoms with Crippen LogP contribution in [0.1, 0.15) is 66.0 Å². The number of rotatable bonds is 3. The molecule has 0 bridgehead atoms.